The second-order valence-corrected chi connectivity index (χ2v) is 9.88. The molecule has 1 heterocycles. The van der Waals surface area contributed by atoms with Crippen molar-refractivity contribution in [3.8, 4) is 0 Å². The zero-order valence-electron chi connectivity index (χ0n) is 22.2. The highest BCUT2D eigenvalue weighted by Crippen LogP contribution is 2.20. The molecule has 0 saturated carbocycles. The van der Waals surface area contributed by atoms with Crippen LogP contribution in [0, 0.1) is 0 Å². The van der Waals surface area contributed by atoms with Gasteiger partial charge in [-0.1, -0.05) is 60.7 Å². The van der Waals surface area contributed by atoms with E-state index in [1.807, 2.05) is 58.3 Å². The fraction of sp³-hybridized carbons (Fsp3) is 0.483. The average Bonchev–Trinajstić information content (AvgIpc) is 3.38. The van der Waals surface area contributed by atoms with E-state index in [0.29, 0.717) is 32.5 Å². The molecule has 3 amide bonds. The van der Waals surface area contributed by atoms with Gasteiger partial charge in [-0.15, -0.1) is 0 Å². The Hall–Kier alpha value is -3.23. The van der Waals surface area contributed by atoms with Crippen LogP contribution in [0.15, 0.2) is 60.7 Å². The summed E-state index contributed by atoms with van der Waals surface area (Å²) < 4.78 is 0. The van der Waals surface area contributed by atoms with Crippen molar-refractivity contribution in [2.45, 2.75) is 63.7 Å². The molecule has 37 heavy (non-hydrogen) atoms. The van der Waals surface area contributed by atoms with Gasteiger partial charge in [0.05, 0.1) is 12.1 Å². The first-order valence-electron chi connectivity index (χ1n) is 13.2. The predicted octanol–water partition coefficient (Wildman–Crippen LogP) is 1.73. The van der Waals surface area contributed by atoms with Gasteiger partial charge in [0.1, 0.15) is 6.04 Å². The molecule has 2 aromatic rings. The molecule has 200 valence electrons. The van der Waals surface area contributed by atoms with Crippen molar-refractivity contribution in [1.29, 1.82) is 0 Å². The molecule has 0 unspecified atom stereocenters. The van der Waals surface area contributed by atoms with Crippen molar-refractivity contribution in [3.05, 3.63) is 71.8 Å². The highest BCUT2D eigenvalue weighted by molar-refractivity contribution is 5.89. The summed E-state index contributed by atoms with van der Waals surface area (Å²) >= 11 is 0. The lowest BCUT2D eigenvalue weighted by atomic mass is 10.0. The Morgan fingerprint density at radius 3 is 2.24 bits per heavy atom. The summed E-state index contributed by atoms with van der Waals surface area (Å²) in [7, 11) is 1.71. The number of nitrogens with two attached hydrogens (primary N) is 1. The average molecular weight is 508 g/mol. The molecule has 1 saturated heterocycles. The fourth-order valence-corrected chi connectivity index (χ4v) is 4.74. The maximum absolute atomic E-state index is 13.6. The van der Waals surface area contributed by atoms with Gasteiger partial charge >= 0.3 is 0 Å². The van der Waals surface area contributed by atoms with Crippen LogP contribution >= 0.6 is 0 Å². The van der Waals surface area contributed by atoms with Gasteiger partial charge in [0.25, 0.3) is 0 Å². The molecular weight excluding hydrogens is 466 g/mol. The Balaban J connectivity index is 1.70. The van der Waals surface area contributed by atoms with Crippen LogP contribution in [0.2, 0.25) is 0 Å². The number of nitrogens with zero attached hydrogens (tertiary/aromatic N) is 2. The minimum Gasteiger partial charge on any atom is -0.343 e. The van der Waals surface area contributed by atoms with Crippen LogP contribution in [0.4, 0.5) is 0 Å². The van der Waals surface area contributed by atoms with Crippen molar-refractivity contribution < 1.29 is 14.4 Å². The minimum absolute atomic E-state index is 0.108. The lowest BCUT2D eigenvalue weighted by Crippen LogP contribution is -2.55. The van der Waals surface area contributed by atoms with E-state index in [0.717, 1.165) is 24.0 Å². The van der Waals surface area contributed by atoms with E-state index in [-0.39, 0.29) is 29.8 Å². The summed E-state index contributed by atoms with van der Waals surface area (Å²) in [6.45, 7) is 5.03. The molecule has 1 aliphatic heterocycles. The molecule has 0 radical (unpaired) electrons. The Bertz CT molecular complexity index is 1020. The van der Waals surface area contributed by atoms with Crippen molar-refractivity contribution in [3.63, 3.8) is 0 Å². The van der Waals surface area contributed by atoms with E-state index in [2.05, 4.69) is 22.8 Å². The maximum atomic E-state index is 13.6. The monoisotopic (exact) mass is 507 g/mol. The predicted molar refractivity (Wildman–Crippen MR) is 146 cm³/mol. The third-order valence-electron chi connectivity index (χ3n) is 7.09. The third kappa shape index (κ3) is 8.13. The van der Waals surface area contributed by atoms with Gasteiger partial charge in [0, 0.05) is 25.7 Å². The van der Waals surface area contributed by atoms with Crippen LogP contribution in [0.1, 0.15) is 37.8 Å². The molecule has 0 aromatic heterocycles. The summed E-state index contributed by atoms with van der Waals surface area (Å²) in [4.78, 5) is 42.8. The molecule has 0 bridgehead atoms. The Kier molecular flexibility index (Phi) is 10.7. The van der Waals surface area contributed by atoms with E-state index >= 15 is 0 Å². The van der Waals surface area contributed by atoms with Gasteiger partial charge in [-0.3, -0.25) is 14.4 Å². The smallest absolute Gasteiger partial charge is 0.245 e. The molecule has 3 rings (SSSR count). The van der Waals surface area contributed by atoms with E-state index in [1.54, 1.807) is 20.9 Å². The number of carbonyl (C=O) groups is 3. The van der Waals surface area contributed by atoms with Crippen molar-refractivity contribution in [2.75, 3.05) is 26.7 Å². The number of carbonyl (C=O) groups excluding carboxylic acids is 3. The fourth-order valence-electron chi connectivity index (χ4n) is 4.74. The number of rotatable bonds is 12. The zero-order valence-corrected chi connectivity index (χ0v) is 22.2. The van der Waals surface area contributed by atoms with Crippen LogP contribution in [-0.2, 0) is 27.2 Å². The summed E-state index contributed by atoms with van der Waals surface area (Å²) in [5.41, 5.74) is 8.57. The first-order chi connectivity index (χ1) is 17.8. The van der Waals surface area contributed by atoms with E-state index in [1.165, 1.54) is 0 Å². The first-order valence-corrected chi connectivity index (χ1v) is 13.2. The second kappa shape index (κ2) is 13.9. The normalized spacial score (nSPS) is 17.6. The second-order valence-electron chi connectivity index (χ2n) is 9.88. The standard InChI is InChI=1S/C29H41N5O3/c1-21(31-3)27(35)32-22(2)28(36)34-17-10-15-25(34)20-33(18-16-23-11-6-4-7-12-23)29(37)26(30)19-24-13-8-5-9-14-24/h4-9,11-14,21-22,25-26,31H,10,15-20,30H2,1-3H3,(H,32,35)/t21-,22-,25-,26+/m0/s1. The van der Waals surface area contributed by atoms with Gasteiger partial charge in [0.2, 0.25) is 17.7 Å². The number of benzene rings is 2. The number of hydrogen-bond donors (Lipinski definition) is 3. The van der Waals surface area contributed by atoms with Crippen molar-refractivity contribution >= 4 is 17.7 Å². The van der Waals surface area contributed by atoms with Gasteiger partial charge in [-0.2, -0.15) is 0 Å². The van der Waals surface area contributed by atoms with Gasteiger partial charge < -0.3 is 26.2 Å². The maximum Gasteiger partial charge on any atom is 0.245 e. The number of likely N-dealkylation sites (tertiary alicyclic amines) is 1. The molecule has 1 aliphatic rings. The van der Waals surface area contributed by atoms with Crippen LogP contribution in [0.3, 0.4) is 0 Å². The summed E-state index contributed by atoms with van der Waals surface area (Å²) in [5, 5.41) is 5.69. The highest BCUT2D eigenvalue weighted by Gasteiger charge is 2.35. The third-order valence-corrected chi connectivity index (χ3v) is 7.09. The topological polar surface area (TPSA) is 108 Å². The van der Waals surface area contributed by atoms with E-state index in [9.17, 15) is 14.4 Å². The molecule has 8 nitrogen and oxygen atoms in total. The minimum atomic E-state index is -0.662. The molecule has 0 aliphatic carbocycles. The highest BCUT2D eigenvalue weighted by atomic mass is 16.2. The van der Waals surface area contributed by atoms with Gasteiger partial charge in [-0.05, 0) is 57.7 Å². The van der Waals surface area contributed by atoms with E-state index < -0.39 is 12.1 Å². The molecule has 4 atom stereocenters. The zero-order chi connectivity index (χ0) is 26.8. The Morgan fingerprint density at radius 1 is 1.00 bits per heavy atom. The van der Waals surface area contributed by atoms with Crippen LogP contribution in [0.5, 0.6) is 0 Å². The quantitative estimate of drug-likeness (QED) is 0.406. The van der Waals surface area contributed by atoms with Gasteiger partial charge in [-0.25, -0.2) is 0 Å². The molecule has 4 N–H and O–H groups in total. The SMILES string of the molecule is CN[C@@H](C)C(=O)N[C@@H](C)C(=O)N1CCC[C@H]1CN(CCc1ccccc1)C(=O)[C@H](N)Cc1ccccc1. The van der Waals surface area contributed by atoms with Crippen molar-refractivity contribution in [1.82, 2.24) is 20.4 Å². The number of nitrogens with one attached hydrogen (secondary N) is 2. The number of likely N-dealkylation sites (N-methyl/N-ethyl adjacent to an activating group) is 1. The lowest BCUT2D eigenvalue weighted by Gasteiger charge is -2.34. The van der Waals surface area contributed by atoms with Crippen LogP contribution < -0.4 is 16.4 Å². The molecule has 1 fully saturated rings. The van der Waals surface area contributed by atoms with Crippen LogP contribution in [0.25, 0.3) is 0 Å². The molecule has 2 aromatic carbocycles. The van der Waals surface area contributed by atoms with Crippen molar-refractivity contribution in [2.24, 2.45) is 5.73 Å². The summed E-state index contributed by atoms with van der Waals surface area (Å²) in [6.07, 6.45) is 2.84. The first kappa shape index (κ1) is 28.3. The summed E-state index contributed by atoms with van der Waals surface area (Å²) in [5.74, 6) is -0.447. The van der Waals surface area contributed by atoms with Crippen LogP contribution in [-0.4, -0.2) is 78.4 Å². The largest absolute Gasteiger partial charge is 0.343 e. The number of amides is 3. The molecule has 8 heteroatoms. The molecular formula is C29H41N5O3. The van der Waals surface area contributed by atoms with E-state index in [4.69, 9.17) is 5.73 Å². The number of hydrogen-bond acceptors (Lipinski definition) is 5. The summed E-state index contributed by atoms with van der Waals surface area (Å²) in [6, 6.07) is 18.0. The Morgan fingerprint density at radius 2 is 1.62 bits per heavy atom. The lowest BCUT2D eigenvalue weighted by molar-refractivity contribution is -0.139. The Labute approximate surface area is 220 Å². The van der Waals surface area contributed by atoms with Gasteiger partial charge in [0.15, 0.2) is 0 Å². The molecule has 0 spiro atoms.